The van der Waals surface area contributed by atoms with Crippen LogP contribution in [0, 0.1) is 0 Å². The minimum Gasteiger partial charge on any atom is -0.493 e. The van der Waals surface area contributed by atoms with Crippen LogP contribution in [0.4, 0.5) is 5.69 Å². The molecule has 0 aromatic heterocycles. The Morgan fingerprint density at radius 2 is 1.49 bits per heavy atom. The summed E-state index contributed by atoms with van der Waals surface area (Å²) in [6, 6.07) is 28.8. The third kappa shape index (κ3) is 5.30. The number of amides is 1. The highest BCUT2D eigenvalue weighted by Crippen LogP contribution is 2.32. The maximum Gasteiger partial charge on any atom is 0.343 e. The lowest BCUT2D eigenvalue weighted by molar-refractivity contribution is -0.113. The molecular weight excluding hydrogens is 496 g/mol. The lowest BCUT2D eigenvalue weighted by Crippen LogP contribution is -2.32. The van der Waals surface area contributed by atoms with E-state index >= 15 is 0 Å². The van der Waals surface area contributed by atoms with E-state index < -0.39 is 11.9 Å². The predicted molar refractivity (Wildman–Crippen MR) is 146 cm³/mol. The number of anilines is 1. The molecule has 0 spiro atoms. The molecule has 0 bridgehead atoms. The molecule has 0 saturated heterocycles. The Bertz CT molecular complexity index is 1610. The number of hydrogen-bond acceptors (Lipinski definition) is 6. The summed E-state index contributed by atoms with van der Waals surface area (Å²) in [5.41, 5.74) is 2.50. The summed E-state index contributed by atoms with van der Waals surface area (Å²) in [6.45, 7) is 0. The van der Waals surface area contributed by atoms with E-state index in [1.165, 1.54) is 24.1 Å². The van der Waals surface area contributed by atoms with E-state index in [-0.39, 0.29) is 22.9 Å². The molecule has 39 heavy (non-hydrogen) atoms. The number of carboxylic acids is 1. The zero-order valence-corrected chi connectivity index (χ0v) is 20.8. The van der Waals surface area contributed by atoms with Gasteiger partial charge in [0.2, 0.25) is 0 Å². The number of hydrogen-bond donors (Lipinski definition) is 1. The van der Waals surface area contributed by atoms with Gasteiger partial charge in [-0.25, -0.2) is 14.6 Å². The lowest BCUT2D eigenvalue weighted by Gasteiger charge is -2.18. The molecule has 4 aromatic carbocycles. The molecule has 0 fully saturated rings. The summed E-state index contributed by atoms with van der Waals surface area (Å²) in [6.07, 6.45) is 1.61. The number of carbonyl (C=O) groups excluding carboxylic acids is 2. The number of methoxy groups -OCH3 is 1. The number of amidine groups is 1. The van der Waals surface area contributed by atoms with Crippen LogP contribution in [0.3, 0.4) is 0 Å². The van der Waals surface area contributed by atoms with Gasteiger partial charge in [-0.1, -0.05) is 54.6 Å². The fourth-order valence-corrected chi connectivity index (χ4v) is 4.04. The molecule has 0 unspecified atom stereocenters. The van der Waals surface area contributed by atoms with E-state index in [2.05, 4.69) is 4.99 Å². The minimum atomic E-state index is -1.06. The number of carbonyl (C=O) groups is 3. The summed E-state index contributed by atoms with van der Waals surface area (Å²) in [4.78, 5) is 43.4. The highest BCUT2D eigenvalue weighted by molar-refractivity contribution is 6.33. The Kier molecular flexibility index (Phi) is 7.00. The molecule has 1 heterocycles. The Morgan fingerprint density at radius 3 is 2.13 bits per heavy atom. The fourth-order valence-electron chi connectivity index (χ4n) is 4.04. The second-order valence-corrected chi connectivity index (χ2v) is 8.49. The molecule has 0 saturated carbocycles. The van der Waals surface area contributed by atoms with Crippen molar-refractivity contribution in [2.75, 3.05) is 12.0 Å². The molecule has 8 nitrogen and oxygen atoms in total. The molecule has 4 aromatic rings. The van der Waals surface area contributed by atoms with Crippen LogP contribution in [-0.2, 0) is 4.79 Å². The van der Waals surface area contributed by atoms with Crippen LogP contribution >= 0.6 is 0 Å². The van der Waals surface area contributed by atoms with E-state index in [0.717, 1.165) is 5.56 Å². The van der Waals surface area contributed by atoms with Crippen LogP contribution in [0.25, 0.3) is 6.08 Å². The smallest absolute Gasteiger partial charge is 0.343 e. The zero-order chi connectivity index (χ0) is 27.4. The number of aliphatic imine (C=N–C) groups is 1. The Balaban J connectivity index is 1.48. The van der Waals surface area contributed by atoms with Crippen molar-refractivity contribution in [3.8, 4) is 11.5 Å². The Labute approximate surface area is 224 Å². The monoisotopic (exact) mass is 518 g/mol. The van der Waals surface area contributed by atoms with Gasteiger partial charge in [0.25, 0.3) is 5.91 Å². The van der Waals surface area contributed by atoms with E-state index in [0.29, 0.717) is 28.4 Å². The quantitative estimate of drug-likeness (QED) is 0.198. The molecule has 0 radical (unpaired) electrons. The minimum absolute atomic E-state index is 0.111. The molecule has 192 valence electrons. The number of aromatic carboxylic acids is 1. The Hall–Kier alpha value is -5.50. The zero-order valence-electron chi connectivity index (χ0n) is 20.8. The van der Waals surface area contributed by atoms with Crippen molar-refractivity contribution in [1.29, 1.82) is 0 Å². The number of benzene rings is 4. The number of rotatable bonds is 7. The van der Waals surface area contributed by atoms with Crippen molar-refractivity contribution in [2.24, 2.45) is 4.99 Å². The molecule has 1 N–H and O–H groups in total. The third-order valence-corrected chi connectivity index (χ3v) is 5.97. The molecule has 0 aliphatic carbocycles. The van der Waals surface area contributed by atoms with E-state index in [1.54, 1.807) is 60.7 Å². The van der Waals surface area contributed by atoms with Crippen molar-refractivity contribution < 1.29 is 29.0 Å². The maximum absolute atomic E-state index is 13.6. The first kappa shape index (κ1) is 25.2. The number of esters is 1. The van der Waals surface area contributed by atoms with Crippen molar-refractivity contribution >= 4 is 35.4 Å². The van der Waals surface area contributed by atoms with Gasteiger partial charge >= 0.3 is 11.9 Å². The predicted octanol–water partition coefficient (Wildman–Crippen LogP) is 5.45. The van der Waals surface area contributed by atoms with Crippen molar-refractivity contribution in [1.82, 2.24) is 0 Å². The average molecular weight is 519 g/mol. The van der Waals surface area contributed by atoms with Gasteiger partial charge in [-0.3, -0.25) is 9.69 Å². The van der Waals surface area contributed by atoms with Crippen LogP contribution in [-0.4, -0.2) is 35.9 Å². The summed E-state index contributed by atoms with van der Waals surface area (Å²) in [5, 5.41) is 9.25. The molecule has 5 rings (SSSR count). The van der Waals surface area contributed by atoms with E-state index in [4.69, 9.17) is 9.47 Å². The number of carboxylic acid groups (broad SMARTS) is 1. The second kappa shape index (κ2) is 10.9. The highest BCUT2D eigenvalue weighted by Gasteiger charge is 2.32. The first-order chi connectivity index (χ1) is 18.9. The van der Waals surface area contributed by atoms with Crippen molar-refractivity contribution in [3.05, 3.63) is 131 Å². The van der Waals surface area contributed by atoms with Crippen LogP contribution in [0.15, 0.2) is 114 Å². The Morgan fingerprint density at radius 1 is 0.821 bits per heavy atom. The summed E-state index contributed by atoms with van der Waals surface area (Å²) < 4.78 is 11.0. The molecule has 8 heteroatoms. The average Bonchev–Trinajstić information content (AvgIpc) is 3.30. The molecule has 1 aliphatic rings. The van der Waals surface area contributed by atoms with Gasteiger partial charge < -0.3 is 14.6 Å². The summed E-state index contributed by atoms with van der Waals surface area (Å²) in [5.74, 6) is -0.996. The van der Waals surface area contributed by atoms with Crippen LogP contribution in [0.5, 0.6) is 11.5 Å². The van der Waals surface area contributed by atoms with Gasteiger partial charge in [-0.2, -0.15) is 0 Å². The van der Waals surface area contributed by atoms with Gasteiger partial charge in [0.15, 0.2) is 11.5 Å². The SMILES string of the molecule is COc1cc(/C=C2\N=C(c3ccccc3)N(c3ccc(C(=O)O)cc3)C2=O)ccc1OC(=O)c1ccccc1. The van der Waals surface area contributed by atoms with E-state index in [1.807, 2.05) is 36.4 Å². The van der Waals surface area contributed by atoms with Crippen molar-refractivity contribution in [3.63, 3.8) is 0 Å². The largest absolute Gasteiger partial charge is 0.493 e. The molecule has 0 atom stereocenters. The third-order valence-electron chi connectivity index (χ3n) is 5.97. The summed E-state index contributed by atoms with van der Waals surface area (Å²) in [7, 11) is 1.46. The van der Waals surface area contributed by atoms with Gasteiger partial charge in [0, 0.05) is 5.56 Å². The molecular formula is C31H22N2O6. The van der Waals surface area contributed by atoms with E-state index in [9.17, 15) is 19.5 Å². The highest BCUT2D eigenvalue weighted by atomic mass is 16.6. The lowest BCUT2D eigenvalue weighted by atomic mass is 10.1. The fraction of sp³-hybridized carbons (Fsp3) is 0.0323. The second-order valence-electron chi connectivity index (χ2n) is 8.49. The maximum atomic E-state index is 13.6. The van der Waals surface area contributed by atoms with Crippen LogP contribution < -0.4 is 14.4 Å². The van der Waals surface area contributed by atoms with Gasteiger partial charge in [0.1, 0.15) is 11.5 Å². The normalized spacial score (nSPS) is 13.8. The van der Waals surface area contributed by atoms with Gasteiger partial charge in [0.05, 0.1) is 23.9 Å². The van der Waals surface area contributed by atoms with Crippen molar-refractivity contribution in [2.45, 2.75) is 0 Å². The van der Waals surface area contributed by atoms with Gasteiger partial charge in [-0.15, -0.1) is 0 Å². The van der Waals surface area contributed by atoms with Crippen LogP contribution in [0.1, 0.15) is 31.8 Å². The number of nitrogens with zero attached hydrogens (tertiary/aromatic N) is 2. The first-order valence-corrected chi connectivity index (χ1v) is 11.9. The standard InChI is InChI=1S/C31H22N2O6/c1-38-27-19-20(12-17-26(27)39-31(37)23-10-6-3-7-11-23)18-25-29(34)33(24-15-13-22(14-16-24)30(35)36)28(32-25)21-8-4-2-5-9-21/h2-19H,1H3,(H,35,36)/b25-18-. The van der Waals surface area contributed by atoms with Crippen LogP contribution in [0.2, 0.25) is 0 Å². The number of ether oxygens (including phenoxy) is 2. The summed E-state index contributed by atoms with van der Waals surface area (Å²) >= 11 is 0. The molecule has 1 amide bonds. The molecule has 1 aliphatic heterocycles. The first-order valence-electron chi connectivity index (χ1n) is 11.9. The topological polar surface area (TPSA) is 106 Å². The van der Waals surface area contributed by atoms with Gasteiger partial charge in [-0.05, 0) is 60.2 Å².